The summed E-state index contributed by atoms with van der Waals surface area (Å²) < 4.78 is 1.05. The monoisotopic (exact) mass is 282 g/mol. The third-order valence-corrected chi connectivity index (χ3v) is 3.54. The number of hydrogen-bond donors (Lipinski definition) is 0. The van der Waals surface area contributed by atoms with Gasteiger partial charge >= 0.3 is 0 Å². The molecular formula is C14H19BrO. The molecule has 1 nitrogen and oxygen atoms in total. The fraction of sp³-hybridized carbons (Fsp3) is 0.500. The van der Waals surface area contributed by atoms with Gasteiger partial charge in [0.25, 0.3) is 0 Å². The second-order valence-electron chi connectivity index (χ2n) is 4.57. The zero-order valence-electron chi connectivity index (χ0n) is 10.4. The van der Waals surface area contributed by atoms with Crippen LogP contribution in [0.1, 0.15) is 44.2 Å². The Bertz CT molecular complexity index is 382. The van der Waals surface area contributed by atoms with Gasteiger partial charge in [-0.1, -0.05) is 48.8 Å². The van der Waals surface area contributed by atoms with E-state index in [4.69, 9.17) is 0 Å². The Morgan fingerprint density at radius 1 is 1.38 bits per heavy atom. The molecule has 1 atom stereocenters. The van der Waals surface area contributed by atoms with Crippen molar-refractivity contribution in [3.8, 4) is 0 Å². The van der Waals surface area contributed by atoms with Crippen molar-refractivity contribution in [2.75, 3.05) is 0 Å². The molecule has 1 rings (SSSR count). The Hall–Kier alpha value is -0.630. The lowest BCUT2D eigenvalue weighted by molar-refractivity contribution is -0.121. The SMILES string of the molecule is CCC(=O)C(c1ccc(C)cc1Br)C(C)C. The topological polar surface area (TPSA) is 17.1 Å². The first kappa shape index (κ1) is 13.4. The highest BCUT2D eigenvalue weighted by Crippen LogP contribution is 2.32. The molecule has 1 aromatic carbocycles. The molecule has 0 saturated carbocycles. The van der Waals surface area contributed by atoms with E-state index in [2.05, 4.69) is 54.9 Å². The summed E-state index contributed by atoms with van der Waals surface area (Å²) in [6.45, 7) is 8.19. The molecule has 0 N–H and O–H groups in total. The minimum Gasteiger partial charge on any atom is -0.299 e. The fourth-order valence-corrected chi connectivity index (χ4v) is 2.75. The van der Waals surface area contributed by atoms with Gasteiger partial charge < -0.3 is 0 Å². The summed E-state index contributed by atoms with van der Waals surface area (Å²) in [6.07, 6.45) is 0.600. The summed E-state index contributed by atoms with van der Waals surface area (Å²) in [6, 6.07) is 6.21. The number of benzene rings is 1. The quantitative estimate of drug-likeness (QED) is 0.796. The van der Waals surface area contributed by atoms with E-state index < -0.39 is 0 Å². The minimum atomic E-state index is 0.0139. The maximum absolute atomic E-state index is 12.0. The van der Waals surface area contributed by atoms with Crippen LogP contribution in [0.5, 0.6) is 0 Å². The molecule has 88 valence electrons. The molecule has 0 aliphatic carbocycles. The van der Waals surface area contributed by atoms with Crippen LogP contribution in [0.4, 0.5) is 0 Å². The Kier molecular flexibility index (Phi) is 4.72. The van der Waals surface area contributed by atoms with Crippen LogP contribution >= 0.6 is 15.9 Å². The molecule has 0 saturated heterocycles. The number of Topliss-reactive ketones (excluding diaryl/α,β-unsaturated/α-hetero) is 1. The number of carbonyl (C=O) groups is 1. The zero-order chi connectivity index (χ0) is 12.3. The van der Waals surface area contributed by atoms with E-state index in [1.165, 1.54) is 5.56 Å². The van der Waals surface area contributed by atoms with Crippen LogP contribution in [-0.2, 0) is 4.79 Å². The van der Waals surface area contributed by atoms with Gasteiger partial charge in [0, 0.05) is 16.8 Å². The van der Waals surface area contributed by atoms with Crippen molar-refractivity contribution < 1.29 is 4.79 Å². The maximum atomic E-state index is 12.0. The number of aryl methyl sites for hydroxylation is 1. The van der Waals surface area contributed by atoms with Crippen molar-refractivity contribution in [1.82, 2.24) is 0 Å². The molecule has 0 heterocycles. The number of halogens is 1. The molecular weight excluding hydrogens is 264 g/mol. The highest BCUT2D eigenvalue weighted by atomic mass is 79.9. The second-order valence-corrected chi connectivity index (χ2v) is 5.42. The molecule has 0 fully saturated rings. The molecule has 0 aromatic heterocycles. The number of carbonyl (C=O) groups excluding carboxylic acids is 1. The molecule has 0 amide bonds. The standard InChI is InChI=1S/C14H19BrO/c1-5-13(16)14(9(2)3)11-7-6-10(4)8-12(11)15/h6-9,14H,5H2,1-4H3. The molecule has 0 bridgehead atoms. The minimum absolute atomic E-state index is 0.0139. The summed E-state index contributed by atoms with van der Waals surface area (Å²) in [5, 5.41) is 0. The summed E-state index contributed by atoms with van der Waals surface area (Å²) in [7, 11) is 0. The Morgan fingerprint density at radius 3 is 2.44 bits per heavy atom. The van der Waals surface area contributed by atoms with Crippen LogP contribution < -0.4 is 0 Å². The molecule has 0 aliphatic heterocycles. The van der Waals surface area contributed by atoms with Gasteiger partial charge in [0.05, 0.1) is 0 Å². The van der Waals surface area contributed by atoms with Crippen LogP contribution in [0, 0.1) is 12.8 Å². The molecule has 0 aliphatic rings. The second kappa shape index (κ2) is 5.62. The van der Waals surface area contributed by atoms with E-state index in [9.17, 15) is 4.79 Å². The lowest BCUT2D eigenvalue weighted by Crippen LogP contribution is -2.17. The summed E-state index contributed by atoms with van der Waals surface area (Å²) in [4.78, 5) is 12.0. The van der Waals surface area contributed by atoms with E-state index in [1.807, 2.05) is 6.92 Å². The number of ketones is 1. The van der Waals surface area contributed by atoms with Crippen molar-refractivity contribution in [3.05, 3.63) is 33.8 Å². The third-order valence-electron chi connectivity index (χ3n) is 2.85. The normalized spacial score (nSPS) is 12.9. The molecule has 1 unspecified atom stereocenters. The average molecular weight is 283 g/mol. The predicted molar refractivity (Wildman–Crippen MR) is 71.8 cm³/mol. The summed E-state index contributed by atoms with van der Waals surface area (Å²) in [5.74, 6) is 0.672. The fourth-order valence-electron chi connectivity index (χ4n) is 2.01. The van der Waals surface area contributed by atoms with Crippen molar-refractivity contribution in [2.24, 2.45) is 5.92 Å². The van der Waals surface area contributed by atoms with Gasteiger partial charge in [-0.15, -0.1) is 0 Å². The molecule has 16 heavy (non-hydrogen) atoms. The van der Waals surface area contributed by atoms with Crippen molar-refractivity contribution >= 4 is 21.7 Å². The number of hydrogen-bond acceptors (Lipinski definition) is 1. The largest absolute Gasteiger partial charge is 0.299 e. The summed E-state index contributed by atoms with van der Waals surface area (Å²) >= 11 is 3.56. The highest BCUT2D eigenvalue weighted by molar-refractivity contribution is 9.10. The van der Waals surface area contributed by atoms with Gasteiger partial charge in [-0.3, -0.25) is 4.79 Å². The van der Waals surface area contributed by atoms with Gasteiger partial charge in [0.15, 0.2) is 0 Å². The van der Waals surface area contributed by atoms with E-state index in [1.54, 1.807) is 0 Å². The van der Waals surface area contributed by atoms with E-state index in [-0.39, 0.29) is 5.92 Å². The maximum Gasteiger partial charge on any atom is 0.140 e. The first-order valence-electron chi connectivity index (χ1n) is 5.76. The zero-order valence-corrected chi connectivity index (χ0v) is 12.0. The van der Waals surface area contributed by atoms with Crippen molar-refractivity contribution in [3.63, 3.8) is 0 Å². The van der Waals surface area contributed by atoms with Crippen molar-refractivity contribution in [2.45, 2.75) is 40.0 Å². The Balaban J connectivity index is 3.16. The van der Waals surface area contributed by atoms with Crippen LogP contribution in [0.15, 0.2) is 22.7 Å². The Labute approximate surface area is 106 Å². The van der Waals surface area contributed by atoms with Gasteiger partial charge in [0.2, 0.25) is 0 Å². The lowest BCUT2D eigenvalue weighted by Gasteiger charge is -2.21. The Morgan fingerprint density at radius 2 is 2.00 bits per heavy atom. The van der Waals surface area contributed by atoms with Gasteiger partial charge in [0.1, 0.15) is 5.78 Å². The first-order valence-corrected chi connectivity index (χ1v) is 6.55. The number of rotatable bonds is 4. The van der Waals surface area contributed by atoms with E-state index in [0.29, 0.717) is 18.1 Å². The molecule has 0 radical (unpaired) electrons. The molecule has 1 aromatic rings. The van der Waals surface area contributed by atoms with Crippen LogP contribution in [0.2, 0.25) is 0 Å². The van der Waals surface area contributed by atoms with Gasteiger partial charge in [-0.05, 0) is 30.0 Å². The average Bonchev–Trinajstić information content (AvgIpc) is 2.21. The molecule has 0 spiro atoms. The van der Waals surface area contributed by atoms with Gasteiger partial charge in [-0.25, -0.2) is 0 Å². The highest BCUT2D eigenvalue weighted by Gasteiger charge is 2.24. The van der Waals surface area contributed by atoms with Crippen LogP contribution in [0.25, 0.3) is 0 Å². The predicted octanol–water partition coefficient (Wildman–Crippen LogP) is 4.48. The smallest absolute Gasteiger partial charge is 0.140 e. The van der Waals surface area contributed by atoms with Crippen LogP contribution in [0.3, 0.4) is 0 Å². The van der Waals surface area contributed by atoms with Gasteiger partial charge in [-0.2, -0.15) is 0 Å². The summed E-state index contributed by atoms with van der Waals surface area (Å²) in [5.41, 5.74) is 2.33. The first-order chi connectivity index (χ1) is 7.47. The van der Waals surface area contributed by atoms with Crippen molar-refractivity contribution in [1.29, 1.82) is 0 Å². The molecule has 2 heteroatoms. The van der Waals surface area contributed by atoms with Crippen LogP contribution in [-0.4, -0.2) is 5.78 Å². The third kappa shape index (κ3) is 2.94. The van der Waals surface area contributed by atoms with E-state index >= 15 is 0 Å². The van der Waals surface area contributed by atoms with E-state index in [0.717, 1.165) is 10.0 Å². The lowest BCUT2D eigenvalue weighted by atomic mass is 9.84.